The van der Waals surface area contributed by atoms with E-state index in [0.29, 0.717) is 5.70 Å². The third kappa shape index (κ3) is 1.90. The molecule has 0 amide bonds. The van der Waals surface area contributed by atoms with Crippen LogP contribution in [0.1, 0.15) is 16.7 Å². The smallest absolute Gasteiger partial charge is 0.0799 e. The molecule has 4 nitrogen and oxygen atoms in total. The van der Waals surface area contributed by atoms with Crippen LogP contribution in [0.2, 0.25) is 0 Å². The predicted octanol–water partition coefficient (Wildman–Crippen LogP) is 1.88. The Kier molecular flexibility index (Phi) is 3.08. The van der Waals surface area contributed by atoms with Crippen LogP contribution in [-0.2, 0) is 6.54 Å². The maximum atomic E-state index is 6.36. The molecule has 2 aromatic rings. The Balaban J connectivity index is 2.32. The van der Waals surface area contributed by atoms with Crippen molar-refractivity contribution in [3.63, 3.8) is 0 Å². The van der Waals surface area contributed by atoms with Gasteiger partial charge in [-0.1, -0.05) is 42.5 Å². The van der Waals surface area contributed by atoms with Crippen LogP contribution in [0.25, 0.3) is 11.4 Å². The lowest BCUT2D eigenvalue weighted by atomic mass is 9.97. The van der Waals surface area contributed by atoms with E-state index in [-0.39, 0.29) is 0 Å². The molecule has 0 saturated carbocycles. The lowest BCUT2D eigenvalue weighted by molar-refractivity contribution is 0.902. The van der Waals surface area contributed by atoms with Gasteiger partial charge in [-0.25, -0.2) is 0 Å². The van der Waals surface area contributed by atoms with Gasteiger partial charge in [-0.05, 0) is 11.6 Å². The molecular weight excluding hydrogens is 248 g/mol. The molecule has 4 heteroatoms. The Morgan fingerprint density at radius 3 is 2.40 bits per heavy atom. The summed E-state index contributed by atoms with van der Waals surface area (Å²) >= 11 is 0. The van der Waals surface area contributed by atoms with Gasteiger partial charge in [0.1, 0.15) is 0 Å². The van der Waals surface area contributed by atoms with Crippen LogP contribution in [0.4, 0.5) is 5.69 Å². The zero-order valence-electron chi connectivity index (χ0n) is 11.4. The second kappa shape index (κ2) is 4.90. The van der Waals surface area contributed by atoms with E-state index in [1.165, 1.54) is 5.56 Å². The monoisotopic (exact) mass is 266 g/mol. The number of rotatable bonds is 1. The van der Waals surface area contributed by atoms with Crippen molar-refractivity contribution in [3.05, 3.63) is 65.2 Å². The van der Waals surface area contributed by atoms with E-state index in [2.05, 4.69) is 29.5 Å². The molecule has 2 aromatic carbocycles. The van der Waals surface area contributed by atoms with Crippen LogP contribution in [0.5, 0.6) is 0 Å². The van der Waals surface area contributed by atoms with Gasteiger partial charge >= 0.3 is 0 Å². The lowest BCUT2D eigenvalue weighted by Crippen LogP contribution is -2.28. The minimum Gasteiger partial charge on any atom is -0.396 e. The van der Waals surface area contributed by atoms with E-state index < -0.39 is 0 Å². The third-order valence-electron chi connectivity index (χ3n) is 3.71. The largest absolute Gasteiger partial charge is 0.396 e. The van der Waals surface area contributed by atoms with E-state index >= 15 is 0 Å². The number of hydrogen-bond acceptors (Lipinski definition) is 4. The Labute approximate surface area is 118 Å². The van der Waals surface area contributed by atoms with E-state index in [4.69, 9.17) is 11.6 Å². The van der Waals surface area contributed by atoms with Gasteiger partial charge in [-0.15, -0.1) is 0 Å². The first-order valence-corrected chi connectivity index (χ1v) is 6.57. The summed E-state index contributed by atoms with van der Waals surface area (Å²) in [6.45, 7) is 0.811. The quantitative estimate of drug-likeness (QED) is 0.544. The Bertz CT molecular complexity index is 676. The van der Waals surface area contributed by atoms with Crippen LogP contribution in [0.15, 0.2) is 48.5 Å². The van der Waals surface area contributed by atoms with Crippen LogP contribution < -0.4 is 21.9 Å². The molecule has 1 heterocycles. The first-order chi connectivity index (χ1) is 9.72. The van der Waals surface area contributed by atoms with Gasteiger partial charge in [0.25, 0.3) is 0 Å². The number of nitrogens with zero attached hydrogens (tertiary/aromatic N) is 1. The summed E-state index contributed by atoms with van der Waals surface area (Å²) in [6.07, 6.45) is 0. The van der Waals surface area contributed by atoms with Gasteiger partial charge in [-0.3, -0.25) is 5.84 Å². The fraction of sp³-hybridized carbons (Fsp3) is 0.125. The first kappa shape index (κ1) is 12.6. The number of fused-ring (bicyclic) bond motifs is 2. The molecule has 0 unspecified atom stereocenters. The van der Waals surface area contributed by atoms with Crippen molar-refractivity contribution < 1.29 is 0 Å². The highest BCUT2D eigenvalue weighted by Crippen LogP contribution is 2.33. The molecule has 0 radical (unpaired) electrons. The Hall–Kier alpha value is -2.46. The van der Waals surface area contributed by atoms with Crippen molar-refractivity contribution in [2.45, 2.75) is 6.54 Å². The van der Waals surface area contributed by atoms with Crippen molar-refractivity contribution >= 4 is 17.1 Å². The second-order valence-corrected chi connectivity index (χ2v) is 4.96. The van der Waals surface area contributed by atoms with Gasteiger partial charge in [0.15, 0.2) is 0 Å². The summed E-state index contributed by atoms with van der Waals surface area (Å²) in [7, 11) is 2.07. The molecule has 0 aliphatic carbocycles. The Morgan fingerprint density at radius 1 is 1.00 bits per heavy atom. The summed E-state index contributed by atoms with van der Waals surface area (Å²) in [5, 5.41) is 0. The van der Waals surface area contributed by atoms with Gasteiger partial charge in [0.2, 0.25) is 0 Å². The van der Waals surface area contributed by atoms with Gasteiger partial charge in [0.05, 0.1) is 11.4 Å². The fourth-order valence-electron chi connectivity index (χ4n) is 2.71. The standard InChI is InChI=1S/C16H18N4/c1-20-10-11-6-2-3-7-12(11)16(19-18)15(17)13-8-4-5-9-14(13)20/h2-9,19H,10,17-18H2,1H3/b16-15-. The van der Waals surface area contributed by atoms with Crippen molar-refractivity contribution in [1.29, 1.82) is 0 Å². The van der Waals surface area contributed by atoms with Crippen LogP contribution in [-0.4, -0.2) is 7.05 Å². The lowest BCUT2D eigenvalue weighted by Gasteiger charge is -2.28. The molecule has 0 bridgehead atoms. The van der Waals surface area contributed by atoms with Crippen molar-refractivity contribution in [1.82, 2.24) is 5.43 Å². The summed E-state index contributed by atoms with van der Waals surface area (Å²) in [6, 6.07) is 16.3. The number of hydrogen-bond donors (Lipinski definition) is 3. The highest BCUT2D eigenvalue weighted by Gasteiger charge is 2.19. The molecule has 0 fully saturated rings. The number of nitrogens with two attached hydrogens (primary N) is 2. The molecular formula is C16H18N4. The maximum Gasteiger partial charge on any atom is 0.0799 e. The summed E-state index contributed by atoms with van der Waals surface area (Å²) in [5.41, 5.74) is 14.9. The highest BCUT2D eigenvalue weighted by atomic mass is 15.2. The molecule has 20 heavy (non-hydrogen) atoms. The third-order valence-corrected chi connectivity index (χ3v) is 3.71. The minimum atomic E-state index is 0.669. The van der Waals surface area contributed by atoms with Crippen LogP contribution >= 0.6 is 0 Å². The fourth-order valence-corrected chi connectivity index (χ4v) is 2.71. The maximum absolute atomic E-state index is 6.36. The van der Waals surface area contributed by atoms with Crippen LogP contribution in [0.3, 0.4) is 0 Å². The highest BCUT2D eigenvalue weighted by molar-refractivity contribution is 5.93. The molecule has 0 atom stereocenters. The van der Waals surface area contributed by atoms with Crippen molar-refractivity contribution in [2.75, 3.05) is 11.9 Å². The summed E-state index contributed by atoms with van der Waals surface area (Å²) in [5.74, 6) is 5.72. The number of hydrazine groups is 1. The average molecular weight is 266 g/mol. The molecule has 1 aliphatic heterocycles. The van der Waals surface area contributed by atoms with E-state index in [1.54, 1.807) is 0 Å². The minimum absolute atomic E-state index is 0.669. The summed E-state index contributed by atoms with van der Waals surface area (Å²) in [4.78, 5) is 2.20. The zero-order chi connectivity index (χ0) is 14.1. The normalized spacial score (nSPS) is 17.8. The van der Waals surface area contributed by atoms with Crippen LogP contribution in [0, 0.1) is 0 Å². The zero-order valence-corrected chi connectivity index (χ0v) is 11.4. The Morgan fingerprint density at radius 2 is 1.65 bits per heavy atom. The summed E-state index contributed by atoms with van der Waals surface area (Å²) < 4.78 is 0. The number of anilines is 1. The number of benzene rings is 2. The van der Waals surface area contributed by atoms with E-state index in [0.717, 1.165) is 29.1 Å². The SMILES string of the molecule is CN1Cc2ccccc2/C(NN)=C(/N)c2ccccc21. The molecule has 5 N–H and O–H groups in total. The second-order valence-electron chi connectivity index (χ2n) is 4.96. The molecule has 1 aliphatic rings. The van der Waals surface area contributed by atoms with E-state index in [1.807, 2.05) is 36.4 Å². The van der Waals surface area contributed by atoms with E-state index in [9.17, 15) is 0 Å². The first-order valence-electron chi connectivity index (χ1n) is 6.57. The number of nitrogens with one attached hydrogen (secondary N) is 1. The molecule has 0 aromatic heterocycles. The van der Waals surface area contributed by atoms with Gasteiger partial charge < -0.3 is 16.1 Å². The van der Waals surface area contributed by atoms with Crippen molar-refractivity contribution in [2.24, 2.45) is 11.6 Å². The molecule has 0 spiro atoms. The molecule has 102 valence electrons. The van der Waals surface area contributed by atoms with Crippen molar-refractivity contribution in [3.8, 4) is 0 Å². The van der Waals surface area contributed by atoms with Gasteiger partial charge in [-0.2, -0.15) is 0 Å². The molecule has 0 saturated heterocycles. The number of para-hydroxylation sites is 1. The predicted molar refractivity (Wildman–Crippen MR) is 83.3 cm³/mol. The topological polar surface area (TPSA) is 67.3 Å². The molecule has 3 rings (SSSR count). The van der Waals surface area contributed by atoms with Gasteiger partial charge in [0, 0.05) is 30.4 Å². The average Bonchev–Trinajstić information content (AvgIpc) is 2.48.